The summed E-state index contributed by atoms with van der Waals surface area (Å²) in [5.74, 6) is 0.0954. The van der Waals surface area contributed by atoms with Crippen LogP contribution in [0.5, 0.6) is 0 Å². The van der Waals surface area contributed by atoms with Crippen LogP contribution in [0.3, 0.4) is 0 Å². The fourth-order valence-electron chi connectivity index (χ4n) is 1.51. The van der Waals surface area contributed by atoms with Crippen molar-refractivity contribution in [2.24, 2.45) is 0 Å². The van der Waals surface area contributed by atoms with Crippen molar-refractivity contribution in [3.63, 3.8) is 0 Å². The number of rotatable bonds is 3. The summed E-state index contributed by atoms with van der Waals surface area (Å²) in [7, 11) is 0. The van der Waals surface area contributed by atoms with Crippen LogP contribution < -0.4 is 0 Å². The average Bonchev–Trinajstić information content (AvgIpc) is 2.74. The number of hydrogen-bond donors (Lipinski definition) is 0. The number of furan rings is 1. The minimum absolute atomic E-state index is 0.0954. The second-order valence-electron chi connectivity index (χ2n) is 3.54. The van der Waals surface area contributed by atoms with Gasteiger partial charge < -0.3 is 4.42 Å². The van der Waals surface area contributed by atoms with Crippen LogP contribution in [-0.2, 0) is 6.42 Å². The molecule has 0 amide bonds. The van der Waals surface area contributed by atoms with Crippen molar-refractivity contribution in [2.75, 3.05) is 0 Å². The molecule has 1 aromatic carbocycles. The van der Waals surface area contributed by atoms with E-state index >= 15 is 0 Å². The van der Waals surface area contributed by atoms with Gasteiger partial charge in [-0.15, -0.1) is 0 Å². The van der Waals surface area contributed by atoms with Gasteiger partial charge in [0.15, 0.2) is 5.78 Å². The van der Waals surface area contributed by atoms with Crippen LogP contribution in [0.15, 0.2) is 47.3 Å². The van der Waals surface area contributed by atoms with Gasteiger partial charge in [-0.2, -0.15) is 0 Å². The fraction of sp³-hybridized carbons (Fsp3) is 0.154. The van der Waals surface area contributed by atoms with Gasteiger partial charge in [0, 0.05) is 6.42 Å². The van der Waals surface area contributed by atoms with E-state index in [-0.39, 0.29) is 5.78 Å². The monoisotopic (exact) mass is 200 g/mol. The van der Waals surface area contributed by atoms with E-state index in [0.717, 1.165) is 11.1 Å². The van der Waals surface area contributed by atoms with Crippen molar-refractivity contribution >= 4 is 5.78 Å². The molecule has 2 heteroatoms. The van der Waals surface area contributed by atoms with E-state index in [1.807, 2.05) is 31.2 Å². The maximum absolute atomic E-state index is 11.8. The van der Waals surface area contributed by atoms with E-state index in [9.17, 15) is 4.79 Å². The number of Topliss-reactive ketones (excluding diaryl/α,β-unsaturated/α-hetero) is 1. The van der Waals surface area contributed by atoms with Crippen LogP contribution in [-0.4, -0.2) is 5.78 Å². The molecular formula is C13H12O2. The van der Waals surface area contributed by atoms with E-state index in [0.29, 0.717) is 12.0 Å². The standard InChI is InChI=1S/C13H12O2/c1-10-4-2-3-5-11(10)8-13(14)12-6-7-15-9-12/h2-7,9H,8H2,1H3. The van der Waals surface area contributed by atoms with E-state index in [2.05, 4.69) is 0 Å². The molecule has 0 saturated heterocycles. The number of ketones is 1. The third-order valence-corrected chi connectivity index (χ3v) is 2.46. The Morgan fingerprint density at radius 1 is 1.27 bits per heavy atom. The second-order valence-corrected chi connectivity index (χ2v) is 3.54. The Morgan fingerprint density at radius 3 is 2.73 bits per heavy atom. The SMILES string of the molecule is Cc1ccccc1CC(=O)c1ccoc1. The van der Waals surface area contributed by atoms with Crippen molar-refractivity contribution in [1.29, 1.82) is 0 Å². The molecule has 0 unspecified atom stereocenters. The van der Waals surface area contributed by atoms with Crippen LogP contribution in [0.25, 0.3) is 0 Å². The quantitative estimate of drug-likeness (QED) is 0.713. The maximum atomic E-state index is 11.8. The number of carbonyl (C=O) groups excluding carboxylic acids is 1. The Kier molecular flexibility index (Phi) is 2.68. The third kappa shape index (κ3) is 2.15. The molecule has 2 aromatic rings. The molecule has 0 atom stereocenters. The largest absolute Gasteiger partial charge is 0.472 e. The normalized spacial score (nSPS) is 10.2. The minimum Gasteiger partial charge on any atom is -0.472 e. The van der Waals surface area contributed by atoms with Crippen molar-refractivity contribution in [3.8, 4) is 0 Å². The van der Waals surface area contributed by atoms with Gasteiger partial charge in [0.05, 0.1) is 11.8 Å². The summed E-state index contributed by atoms with van der Waals surface area (Å²) in [6, 6.07) is 9.61. The van der Waals surface area contributed by atoms with Gasteiger partial charge >= 0.3 is 0 Å². The lowest BCUT2D eigenvalue weighted by molar-refractivity contribution is 0.0992. The summed E-state index contributed by atoms with van der Waals surface area (Å²) in [4.78, 5) is 11.8. The van der Waals surface area contributed by atoms with Crippen LogP contribution in [0, 0.1) is 6.92 Å². The summed E-state index contributed by atoms with van der Waals surface area (Å²) in [6.07, 6.45) is 3.44. The number of carbonyl (C=O) groups is 1. The molecule has 0 N–H and O–H groups in total. The van der Waals surface area contributed by atoms with Crippen molar-refractivity contribution in [2.45, 2.75) is 13.3 Å². The van der Waals surface area contributed by atoms with Crippen LogP contribution >= 0.6 is 0 Å². The Bertz CT molecular complexity index is 455. The highest BCUT2D eigenvalue weighted by molar-refractivity contribution is 5.97. The first-order valence-electron chi connectivity index (χ1n) is 4.87. The Morgan fingerprint density at radius 2 is 2.07 bits per heavy atom. The van der Waals surface area contributed by atoms with Crippen LogP contribution in [0.4, 0.5) is 0 Å². The van der Waals surface area contributed by atoms with E-state index < -0.39 is 0 Å². The van der Waals surface area contributed by atoms with Gasteiger partial charge in [-0.25, -0.2) is 0 Å². The number of aryl methyl sites for hydroxylation is 1. The minimum atomic E-state index is 0.0954. The topological polar surface area (TPSA) is 30.2 Å². The van der Waals surface area contributed by atoms with Crippen molar-refractivity contribution in [3.05, 3.63) is 59.5 Å². The lowest BCUT2D eigenvalue weighted by Crippen LogP contribution is -2.03. The smallest absolute Gasteiger partial charge is 0.170 e. The summed E-state index contributed by atoms with van der Waals surface area (Å²) in [5, 5.41) is 0. The highest BCUT2D eigenvalue weighted by Crippen LogP contribution is 2.11. The van der Waals surface area contributed by atoms with Crippen LogP contribution in [0.2, 0.25) is 0 Å². The predicted octanol–water partition coefficient (Wildman–Crippen LogP) is 3.01. The summed E-state index contributed by atoms with van der Waals surface area (Å²) in [6.45, 7) is 2.01. The molecule has 0 aliphatic carbocycles. The first kappa shape index (κ1) is 9.71. The molecule has 0 spiro atoms. The molecule has 2 rings (SSSR count). The molecule has 0 saturated carbocycles. The molecule has 1 aromatic heterocycles. The van der Waals surface area contributed by atoms with E-state index in [1.165, 1.54) is 12.5 Å². The summed E-state index contributed by atoms with van der Waals surface area (Å²) < 4.78 is 4.88. The highest BCUT2D eigenvalue weighted by Gasteiger charge is 2.09. The zero-order valence-corrected chi connectivity index (χ0v) is 8.57. The van der Waals surface area contributed by atoms with Gasteiger partial charge in [0.2, 0.25) is 0 Å². The Balaban J connectivity index is 2.17. The molecule has 0 bridgehead atoms. The first-order valence-corrected chi connectivity index (χ1v) is 4.87. The Hall–Kier alpha value is -1.83. The first-order chi connectivity index (χ1) is 7.27. The van der Waals surface area contributed by atoms with E-state index in [1.54, 1.807) is 6.07 Å². The molecule has 2 nitrogen and oxygen atoms in total. The molecule has 15 heavy (non-hydrogen) atoms. The lowest BCUT2D eigenvalue weighted by atomic mass is 10.0. The van der Waals surface area contributed by atoms with E-state index in [4.69, 9.17) is 4.42 Å². The molecule has 0 radical (unpaired) electrons. The Labute approximate surface area is 88.5 Å². The molecule has 0 aliphatic heterocycles. The third-order valence-electron chi connectivity index (χ3n) is 2.46. The average molecular weight is 200 g/mol. The van der Waals surface area contributed by atoms with Gasteiger partial charge in [-0.3, -0.25) is 4.79 Å². The second kappa shape index (κ2) is 4.13. The zero-order chi connectivity index (χ0) is 10.7. The summed E-state index contributed by atoms with van der Waals surface area (Å²) >= 11 is 0. The predicted molar refractivity (Wildman–Crippen MR) is 57.9 cm³/mol. The van der Waals surface area contributed by atoms with Crippen LogP contribution in [0.1, 0.15) is 21.5 Å². The van der Waals surface area contributed by atoms with Gasteiger partial charge in [0.25, 0.3) is 0 Å². The molecule has 0 fully saturated rings. The van der Waals surface area contributed by atoms with Gasteiger partial charge in [-0.1, -0.05) is 24.3 Å². The number of benzene rings is 1. The van der Waals surface area contributed by atoms with Gasteiger partial charge in [-0.05, 0) is 24.1 Å². The van der Waals surface area contributed by atoms with Crippen molar-refractivity contribution in [1.82, 2.24) is 0 Å². The lowest BCUT2D eigenvalue weighted by Gasteiger charge is -2.02. The fourth-order valence-corrected chi connectivity index (χ4v) is 1.51. The molecule has 76 valence electrons. The molecule has 1 heterocycles. The number of hydrogen-bond acceptors (Lipinski definition) is 2. The van der Waals surface area contributed by atoms with Gasteiger partial charge in [0.1, 0.15) is 6.26 Å². The molecular weight excluding hydrogens is 188 g/mol. The maximum Gasteiger partial charge on any atom is 0.170 e. The summed E-state index contributed by atoms with van der Waals surface area (Å²) in [5.41, 5.74) is 2.86. The van der Waals surface area contributed by atoms with Crippen molar-refractivity contribution < 1.29 is 9.21 Å². The zero-order valence-electron chi connectivity index (χ0n) is 8.57. The molecule has 0 aliphatic rings. The highest BCUT2D eigenvalue weighted by atomic mass is 16.3.